The normalized spacial score (nSPS) is 15.1. The van der Waals surface area contributed by atoms with Crippen LogP contribution in [0, 0.1) is 19.8 Å². The lowest BCUT2D eigenvalue weighted by Crippen LogP contribution is -2.48. The standard InChI is InChI=1S/C21H19F3N2O4S/c1-12-5-16(30-20(27)14-9-25-10-14)8-17(6-12)31(28,29)26-11-13(2)18-7-15(21(22,23)24)3-4-19(18)26/h3-8,11,14,25H,9-10H2,1-2H3. The lowest BCUT2D eigenvalue weighted by atomic mass is 10.0. The molecule has 0 unspecified atom stereocenters. The van der Waals surface area contributed by atoms with E-state index in [1.807, 2.05) is 0 Å². The molecular formula is C21H19F3N2O4S. The highest BCUT2D eigenvalue weighted by Gasteiger charge is 2.32. The molecular weight excluding hydrogens is 433 g/mol. The summed E-state index contributed by atoms with van der Waals surface area (Å²) in [6.07, 6.45) is -3.25. The number of nitrogens with one attached hydrogen (secondary N) is 1. The monoisotopic (exact) mass is 452 g/mol. The van der Waals surface area contributed by atoms with Gasteiger partial charge in [-0.25, -0.2) is 12.4 Å². The SMILES string of the molecule is Cc1cc(OC(=O)C2CNC2)cc(S(=O)(=O)n2cc(C)c3cc(C(F)(F)F)ccc32)c1. The second-order valence-corrected chi connectivity index (χ2v) is 9.42. The third-order valence-electron chi connectivity index (χ3n) is 5.21. The van der Waals surface area contributed by atoms with Crippen LogP contribution >= 0.6 is 0 Å². The number of benzene rings is 2. The Kier molecular flexibility index (Phi) is 5.09. The van der Waals surface area contributed by atoms with E-state index in [2.05, 4.69) is 5.32 Å². The fraction of sp³-hybridized carbons (Fsp3) is 0.286. The summed E-state index contributed by atoms with van der Waals surface area (Å²) >= 11 is 0. The Bertz CT molecular complexity index is 1290. The van der Waals surface area contributed by atoms with E-state index < -0.39 is 27.7 Å². The first kappa shape index (κ1) is 21.4. The zero-order valence-electron chi connectivity index (χ0n) is 16.7. The molecule has 0 aliphatic carbocycles. The van der Waals surface area contributed by atoms with E-state index in [1.54, 1.807) is 19.9 Å². The predicted molar refractivity (Wildman–Crippen MR) is 107 cm³/mol. The molecule has 1 fully saturated rings. The maximum absolute atomic E-state index is 13.3. The number of alkyl halides is 3. The Hall–Kier alpha value is -2.85. The van der Waals surface area contributed by atoms with Gasteiger partial charge in [0.15, 0.2) is 0 Å². The van der Waals surface area contributed by atoms with Crippen LogP contribution in [0.2, 0.25) is 0 Å². The van der Waals surface area contributed by atoms with Gasteiger partial charge in [-0.1, -0.05) is 0 Å². The Morgan fingerprint density at radius 3 is 2.45 bits per heavy atom. The number of aryl methyl sites for hydroxylation is 2. The number of esters is 1. The van der Waals surface area contributed by atoms with Crippen LogP contribution < -0.4 is 10.1 Å². The van der Waals surface area contributed by atoms with Gasteiger partial charge in [0.2, 0.25) is 0 Å². The van der Waals surface area contributed by atoms with E-state index in [4.69, 9.17) is 4.74 Å². The van der Waals surface area contributed by atoms with Crippen LogP contribution in [0.3, 0.4) is 0 Å². The molecule has 2 heterocycles. The summed E-state index contributed by atoms with van der Waals surface area (Å²) in [5.74, 6) is -0.628. The van der Waals surface area contributed by atoms with Gasteiger partial charge in [-0.05, 0) is 55.3 Å². The van der Waals surface area contributed by atoms with Crippen LogP contribution in [-0.4, -0.2) is 31.4 Å². The van der Waals surface area contributed by atoms with Crippen molar-refractivity contribution in [3.05, 3.63) is 59.3 Å². The van der Waals surface area contributed by atoms with Crippen LogP contribution in [0.15, 0.2) is 47.5 Å². The summed E-state index contributed by atoms with van der Waals surface area (Å²) in [6, 6.07) is 7.15. The molecule has 0 amide bonds. The van der Waals surface area contributed by atoms with Crippen LogP contribution in [0.25, 0.3) is 10.9 Å². The molecule has 6 nitrogen and oxygen atoms in total. The number of rotatable bonds is 4. The fourth-order valence-corrected chi connectivity index (χ4v) is 4.97. The van der Waals surface area contributed by atoms with Crippen molar-refractivity contribution < 1.29 is 31.1 Å². The Morgan fingerprint density at radius 1 is 1.13 bits per heavy atom. The summed E-state index contributed by atoms with van der Waals surface area (Å²) in [6.45, 7) is 4.22. The predicted octanol–water partition coefficient (Wildman–Crippen LogP) is 3.64. The second kappa shape index (κ2) is 7.38. The molecule has 0 radical (unpaired) electrons. The average molecular weight is 452 g/mol. The zero-order chi connectivity index (χ0) is 22.6. The minimum Gasteiger partial charge on any atom is -0.426 e. The van der Waals surface area contributed by atoms with Gasteiger partial charge in [-0.2, -0.15) is 13.2 Å². The zero-order valence-corrected chi connectivity index (χ0v) is 17.5. The van der Waals surface area contributed by atoms with Crippen LogP contribution in [0.5, 0.6) is 5.75 Å². The number of hydrogen-bond donors (Lipinski definition) is 1. The second-order valence-electron chi connectivity index (χ2n) is 7.60. The summed E-state index contributed by atoms with van der Waals surface area (Å²) in [5.41, 5.74) is 0.226. The molecule has 0 spiro atoms. The van der Waals surface area contributed by atoms with E-state index in [9.17, 15) is 26.4 Å². The molecule has 1 aliphatic heterocycles. The van der Waals surface area contributed by atoms with Crippen LogP contribution in [0.1, 0.15) is 16.7 Å². The summed E-state index contributed by atoms with van der Waals surface area (Å²) in [4.78, 5) is 12.0. The van der Waals surface area contributed by atoms with Crippen molar-refractivity contribution in [1.82, 2.24) is 9.29 Å². The number of nitrogens with zero attached hydrogens (tertiary/aromatic N) is 1. The molecule has 0 atom stereocenters. The molecule has 3 aromatic rings. The van der Waals surface area contributed by atoms with Crippen molar-refractivity contribution in [2.45, 2.75) is 24.9 Å². The van der Waals surface area contributed by atoms with E-state index in [0.717, 1.165) is 22.2 Å². The number of halogens is 3. The first-order chi connectivity index (χ1) is 14.5. The maximum Gasteiger partial charge on any atom is 0.416 e. The third-order valence-corrected chi connectivity index (χ3v) is 6.86. The molecule has 0 bridgehead atoms. The first-order valence-corrected chi connectivity index (χ1v) is 10.9. The highest BCUT2D eigenvalue weighted by Crippen LogP contribution is 2.34. The van der Waals surface area contributed by atoms with E-state index in [-0.39, 0.29) is 27.5 Å². The van der Waals surface area contributed by atoms with Gasteiger partial charge in [0.1, 0.15) is 5.75 Å². The van der Waals surface area contributed by atoms with Gasteiger partial charge in [-0.3, -0.25) is 4.79 Å². The van der Waals surface area contributed by atoms with Crippen molar-refractivity contribution in [2.75, 3.05) is 13.1 Å². The summed E-state index contributed by atoms with van der Waals surface area (Å²) < 4.78 is 72.1. The molecule has 4 rings (SSSR count). The molecule has 2 aromatic carbocycles. The van der Waals surface area contributed by atoms with Gasteiger partial charge in [-0.15, -0.1) is 0 Å². The smallest absolute Gasteiger partial charge is 0.416 e. The largest absolute Gasteiger partial charge is 0.426 e. The lowest BCUT2D eigenvalue weighted by Gasteiger charge is -2.24. The Morgan fingerprint density at radius 2 is 1.84 bits per heavy atom. The van der Waals surface area contributed by atoms with Crippen molar-refractivity contribution >= 4 is 26.9 Å². The summed E-state index contributed by atoms with van der Waals surface area (Å²) in [5, 5.41) is 3.15. The quantitative estimate of drug-likeness (QED) is 0.483. The molecule has 1 N–H and O–H groups in total. The van der Waals surface area contributed by atoms with Gasteiger partial charge in [0, 0.05) is 30.7 Å². The van der Waals surface area contributed by atoms with E-state index >= 15 is 0 Å². The minimum atomic E-state index is -4.53. The van der Waals surface area contributed by atoms with Crippen LogP contribution in [0.4, 0.5) is 13.2 Å². The van der Waals surface area contributed by atoms with Crippen LogP contribution in [-0.2, 0) is 21.0 Å². The molecule has 0 saturated carbocycles. The lowest BCUT2D eigenvalue weighted by molar-refractivity contribution is -0.140. The van der Waals surface area contributed by atoms with Crippen molar-refractivity contribution in [3.63, 3.8) is 0 Å². The number of hydrogen-bond acceptors (Lipinski definition) is 5. The highest BCUT2D eigenvalue weighted by molar-refractivity contribution is 7.90. The van der Waals surface area contributed by atoms with Gasteiger partial charge in [0.25, 0.3) is 10.0 Å². The number of fused-ring (bicyclic) bond motifs is 1. The molecule has 1 aromatic heterocycles. The fourth-order valence-electron chi connectivity index (χ4n) is 3.42. The first-order valence-electron chi connectivity index (χ1n) is 9.45. The number of carbonyl (C=O) groups is 1. The van der Waals surface area contributed by atoms with Gasteiger partial charge < -0.3 is 10.1 Å². The number of carbonyl (C=O) groups excluding carboxylic acids is 1. The number of ether oxygens (including phenoxy) is 1. The topological polar surface area (TPSA) is 77.4 Å². The molecule has 31 heavy (non-hydrogen) atoms. The maximum atomic E-state index is 13.3. The van der Waals surface area contributed by atoms with Gasteiger partial charge >= 0.3 is 12.1 Å². The Labute approximate surface area is 176 Å². The molecule has 164 valence electrons. The number of aromatic nitrogens is 1. The van der Waals surface area contributed by atoms with E-state index in [1.165, 1.54) is 18.3 Å². The van der Waals surface area contributed by atoms with Crippen molar-refractivity contribution in [3.8, 4) is 5.75 Å². The van der Waals surface area contributed by atoms with Gasteiger partial charge in [0.05, 0.1) is 21.9 Å². The molecule has 1 aliphatic rings. The minimum absolute atomic E-state index is 0.100. The van der Waals surface area contributed by atoms with Crippen molar-refractivity contribution in [2.24, 2.45) is 5.92 Å². The summed E-state index contributed by atoms with van der Waals surface area (Å²) in [7, 11) is -4.15. The molecule has 10 heteroatoms. The Balaban J connectivity index is 1.76. The third kappa shape index (κ3) is 3.92. The highest BCUT2D eigenvalue weighted by atomic mass is 32.2. The van der Waals surface area contributed by atoms with E-state index in [0.29, 0.717) is 24.2 Å². The molecule has 1 saturated heterocycles. The van der Waals surface area contributed by atoms with Crippen molar-refractivity contribution in [1.29, 1.82) is 0 Å². The average Bonchev–Trinajstić information content (AvgIpc) is 2.96.